The summed E-state index contributed by atoms with van der Waals surface area (Å²) in [7, 11) is 1.79. The van der Waals surface area contributed by atoms with Crippen molar-refractivity contribution >= 4 is 11.6 Å². The molecule has 0 spiro atoms. The van der Waals surface area contributed by atoms with Crippen molar-refractivity contribution in [1.29, 1.82) is 0 Å². The first-order valence-electron chi connectivity index (χ1n) is 5.66. The summed E-state index contributed by atoms with van der Waals surface area (Å²) in [5.41, 5.74) is 3.23. The summed E-state index contributed by atoms with van der Waals surface area (Å²) < 4.78 is 4.70. The Labute approximate surface area is 105 Å². The Balaban J connectivity index is 2.09. The molecular weight excluding hydrogens is 230 g/mol. The highest BCUT2D eigenvalue weighted by Crippen LogP contribution is 2.16. The lowest BCUT2D eigenvalue weighted by atomic mass is 10.1. The van der Waals surface area contributed by atoms with E-state index >= 15 is 0 Å². The molecule has 5 heteroatoms. The number of nitrogens with zero attached hydrogens (tertiary/aromatic N) is 1. The second-order valence-electron chi connectivity index (χ2n) is 3.97. The largest absolute Gasteiger partial charge is 0.387 e. The summed E-state index contributed by atoms with van der Waals surface area (Å²) in [5, 5.41) is 9.54. The van der Waals surface area contributed by atoms with Crippen molar-refractivity contribution in [1.82, 2.24) is 10.5 Å². The van der Waals surface area contributed by atoms with Gasteiger partial charge in [-0.25, -0.2) is 0 Å². The Bertz CT molecular complexity index is 535. The van der Waals surface area contributed by atoms with Gasteiger partial charge in [-0.05, 0) is 24.6 Å². The number of carbonyl (C=O) groups excluding carboxylic acids is 1. The number of rotatable bonds is 4. The summed E-state index contributed by atoms with van der Waals surface area (Å²) in [4.78, 5) is 12.0. The maximum absolute atomic E-state index is 12.0. The van der Waals surface area contributed by atoms with E-state index in [1.165, 1.54) is 6.26 Å². The number of aryl methyl sites for hydroxylation is 1. The summed E-state index contributed by atoms with van der Waals surface area (Å²) >= 11 is 0. The lowest BCUT2D eigenvalue weighted by molar-refractivity contribution is 0.0951. The zero-order chi connectivity index (χ0) is 13.0. The van der Waals surface area contributed by atoms with E-state index in [0.29, 0.717) is 17.8 Å². The highest BCUT2D eigenvalue weighted by molar-refractivity contribution is 5.99. The summed E-state index contributed by atoms with van der Waals surface area (Å²) in [6.45, 7) is 2.34. The molecule has 18 heavy (non-hydrogen) atoms. The SMILES string of the molecule is CNc1cc(C)ccc1C(=O)NCc1ccon1. The van der Waals surface area contributed by atoms with Gasteiger partial charge in [-0.2, -0.15) is 0 Å². The van der Waals surface area contributed by atoms with Gasteiger partial charge in [0.25, 0.3) is 5.91 Å². The molecular formula is C13H15N3O2. The maximum Gasteiger partial charge on any atom is 0.253 e. The van der Waals surface area contributed by atoms with E-state index in [4.69, 9.17) is 4.52 Å². The van der Waals surface area contributed by atoms with Gasteiger partial charge in [0, 0.05) is 18.8 Å². The van der Waals surface area contributed by atoms with E-state index < -0.39 is 0 Å². The smallest absolute Gasteiger partial charge is 0.253 e. The van der Waals surface area contributed by atoms with E-state index in [0.717, 1.165) is 11.3 Å². The van der Waals surface area contributed by atoms with Crippen LogP contribution in [-0.2, 0) is 6.54 Å². The minimum atomic E-state index is -0.137. The minimum absolute atomic E-state index is 0.137. The number of carbonyl (C=O) groups is 1. The Morgan fingerprint density at radius 3 is 2.89 bits per heavy atom. The first-order chi connectivity index (χ1) is 8.70. The van der Waals surface area contributed by atoms with Gasteiger partial charge in [0.1, 0.15) is 12.0 Å². The van der Waals surface area contributed by atoms with Crippen LogP contribution < -0.4 is 10.6 Å². The van der Waals surface area contributed by atoms with Gasteiger partial charge in [-0.3, -0.25) is 4.79 Å². The third kappa shape index (κ3) is 2.68. The zero-order valence-corrected chi connectivity index (χ0v) is 10.4. The molecule has 0 aliphatic rings. The highest BCUT2D eigenvalue weighted by Gasteiger charge is 2.10. The van der Waals surface area contributed by atoms with Gasteiger partial charge in [-0.1, -0.05) is 11.2 Å². The van der Waals surface area contributed by atoms with Crippen LogP contribution >= 0.6 is 0 Å². The Hall–Kier alpha value is -2.30. The van der Waals surface area contributed by atoms with E-state index in [1.54, 1.807) is 19.2 Å². The van der Waals surface area contributed by atoms with Gasteiger partial charge in [0.2, 0.25) is 0 Å². The summed E-state index contributed by atoms with van der Waals surface area (Å²) in [5.74, 6) is -0.137. The molecule has 1 amide bonds. The van der Waals surface area contributed by atoms with Crippen LogP contribution in [0.2, 0.25) is 0 Å². The predicted molar refractivity (Wildman–Crippen MR) is 68.4 cm³/mol. The van der Waals surface area contributed by atoms with Crippen molar-refractivity contribution in [3.63, 3.8) is 0 Å². The normalized spacial score (nSPS) is 10.1. The van der Waals surface area contributed by atoms with Crippen LogP contribution in [0.3, 0.4) is 0 Å². The lowest BCUT2D eigenvalue weighted by Crippen LogP contribution is -2.23. The van der Waals surface area contributed by atoms with Crippen LogP contribution in [0, 0.1) is 6.92 Å². The second-order valence-corrected chi connectivity index (χ2v) is 3.97. The minimum Gasteiger partial charge on any atom is -0.387 e. The molecule has 2 N–H and O–H groups in total. The standard InChI is InChI=1S/C13H15N3O2/c1-9-3-4-11(12(7-9)14-2)13(17)15-8-10-5-6-18-16-10/h3-7,14H,8H2,1-2H3,(H,15,17). The molecule has 2 rings (SSSR count). The summed E-state index contributed by atoms with van der Waals surface area (Å²) in [6, 6.07) is 7.37. The first-order valence-corrected chi connectivity index (χ1v) is 5.66. The average molecular weight is 245 g/mol. The Kier molecular flexibility index (Phi) is 3.62. The van der Waals surface area contributed by atoms with E-state index in [-0.39, 0.29) is 5.91 Å². The fourth-order valence-corrected chi connectivity index (χ4v) is 1.66. The maximum atomic E-state index is 12.0. The van der Waals surface area contributed by atoms with Gasteiger partial charge < -0.3 is 15.2 Å². The van der Waals surface area contributed by atoms with Crippen molar-refractivity contribution in [2.24, 2.45) is 0 Å². The molecule has 1 heterocycles. The molecule has 1 aromatic carbocycles. The molecule has 0 atom stereocenters. The highest BCUT2D eigenvalue weighted by atomic mass is 16.5. The Morgan fingerprint density at radius 2 is 2.22 bits per heavy atom. The molecule has 0 aliphatic heterocycles. The third-order valence-electron chi connectivity index (χ3n) is 2.61. The van der Waals surface area contributed by atoms with E-state index in [9.17, 15) is 4.79 Å². The number of hydrogen-bond donors (Lipinski definition) is 2. The average Bonchev–Trinajstić information content (AvgIpc) is 2.88. The number of amides is 1. The second kappa shape index (κ2) is 5.35. The van der Waals surface area contributed by atoms with Crippen LogP contribution in [0.4, 0.5) is 5.69 Å². The fraction of sp³-hybridized carbons (Fsp3) is 0.231. The van der Waals surface area contributed by atoms with Crippen LogP contribution in [0.15, 0.2) is 35.1 Å². The molecule has 0 aliphatic carbocycles. The number of benzene rings is 1. The molecule has 0 unspecified atom stereocenters. The molecule has 0 fully saturated rings. The fourth-order valence-electron chi connectivity index (χ4n) is 1.66. The quantitative estimate of drug-likeness (QED) is 0.864. The monoisotopic (exact) mass is 245 g/mol. The number of anilines is 1. The topological polar surface area (TPSA) is 67.2 Å². The zero-order valence-electron chi connectivity index (χ0n) is 10.4. The van der Waals surface area contributed by atoms with Crippen LogP contribution in [0.25, 0.3) is 0 Å². The van der Waals surface area contributed by atoms with Crippen LogP contribution in [0.1, 0.15) is 21.6 Å². The summed E-state index contributed by atoms with van der Waals surface area (Å²) in [6.07, 6.45) is 1.48. The van der Waals surface area contributed by atoms with Crippen LogP contribution in [-0.4, -0.2) is 18.1 Å². The number of nitrogens with one attached hydrogen (secondary N) is 2. The number of aromatic nitrogens is 1. The molecule has 5 nitrogen and oxygen atoms in total. The van der Waals surface area contributed by atoms with Crippen molar-refractivity contribution in [3.05, 3.63) is 47.3 Å². The number of hydrogen-bond acceptors (Lipinski definition) is 4. The lowest BCUT2D eigenvalue weighted by Gasteiger charge is -2.09. The molecule has 0 bridgehead atoms. The van der Waals surface area contributed by atoms with Crippen LogP contribution in [0.5, 0.6) is 0 Å². The molecule has 2 aromatic rings. The molecule has 94 valence electrons. The van der Waals surface area contributed by atoms with Gasteiger partial charge in [-0.15, -0.1) is 0 Å². The van der Waals surface area contributed by atoms with Gasteiger partial charge in [0.15, 0.2) is 0 Å². The van der Waals surface area contributed by atoms with Gasteiger partial charge >= 0.3 is 0 Å². The van der Waals surface area contributed by atoms with Gasteiger partial charge in [0.05, 0.1) is 12.1 Å². The van der Waals surface area contributed by atoms with Crippen molar-refractivity contribution in [3.8, 4) is 0 Å². The first kappa shape index (κ1) is 12.2. The Morgan fingerprint density at radius 1 is 1.39 bits per heavy atom. The molecule has 0 saturated carbocycles. The van der Waals surface area contributed by atoms with Crippen molar-refractivity contribution in [2.45, 2.75) is 13.5 Å². The third-order valence-corrected chi connectivity index (χ3v) is 2.61. The molecule has 0 saturated heterocycles. The molecule has 1 aromatic heterocycles. The van der Waals surface area contributed by atoms with Crippen molar-refractivity contribution in [2.75, 3.05) is 12.4 Å². The van der Waals surface area contributed by atoms with Crippen molar-refractivity contribution < 1.29 is 9.32 Å². The molecule has 0 radical (unpaired) electrons. The predicted octanol–water partition coefficient (Wildman–Crippen LogP) is 1.95. The van der Waals surface area contributed by atoms with E-state index in [2.05, 4.69) is 15.8 Å². The van der Waals surface area contributed by atoms with E-state index in [1.807, 2.05) is 19.1 Å².